The van der Waals surface area contributed by atoms with E-state index >= 15 is 0 Å². The summed E-state index contributed by atoms with van der Waals surface area (Å²) in [5, 5.41) is 13.1. The van der Waals surface area contributed by atoms with Crippen molar-refractivity contribution in [1.82, 2.24) is 15.5 Å². The minimum absolute atomic E-state index is 0.668. The summed E-state index contributed by atoms with van der Waals surface area (Å²) in [5.74, 6) is 0. The summed E-state index contributed by atoms with van der Waals surface area (Å²) in [4.78, 5) is 0. The summed E-state index contributed by atoms with van der Waals surface area (Å²) < 4.78 is 1.34. The van der Waals surface area contributed by atoms with E-state index in [4.69, 9.17) is 23.2 Å². The first kappa shape index (κ1) is 12.3. The van der Waals surface area contributed by atoms with Crippen molar-refractivity contribution in [1.29, 1.82) is 0 Å². The fourth-order valence-electron chi connectivity index (χ4n) is 1.18. The Morgan fingerprint density at radius 1 is 1.31 bits per heavy atom. The van der Waals surface area contributed by atoms with Gasteiger partial charge in [0.15, 0.2) is 0 Å². The van der Waals surface area contributed by atoms with Crippen LogP contribution < -0.4 is 5.32 Å². The van der Waals surface area contributed by atoms with Gasteiger partial charge in [0.25, 0.3) is 0 Å². The lowest BCUT2D eigenvalue weighted by Crippen LogP contribution is -2.09. The van der Waals surface area contributed by atoms with Gasteiger partial charge in [0.05, 0.1) is 4.34 Å². The second kappa shape index (κ2) is 5.42. The molecule has 0 amide bonds. The van der Waals surface area contributed by atoms with Crippen molar-refractivity contribution in [3.05, 3.63) is 19.7 Å². The molecule has 0 bridgehead atoms. The minimum atomic E-state index is 0.668. The molecule has 3 nitrogen and oxygen atoms in total. The first-order chi connectivity index (χ1) is 7.70. The second-order valence-corrected chi connectivity index (χ2v) is 6.44. The highest BCUT2D eigenvalue weighted by Crippen LogP contribution is 2.39. The van der Waals surface area contributed by atoms with Gasteiger partial charge in [-0.05, 0) is 13.1 Å². The summed E-state index contributed by atoms with van der Waals surface area (Å²) in [5.41, 5.74) is 0.880. The Balaban J connectivity index is 2.21. The summed E-state index contributed by atoms with van der Waals surface area (Å²) in [7, 11) is 1.91. The standard InChI is InChI=1S/C9H9Cl2N3S2/c1-12-3-2-7-13-14-9(16-7)5-4-6(10)15-8(5)11/h4,12H,2-3H2,1H3. The molecule has 16 heavy (non-hydrogen) atoms. The number of nitrogens with one attached hydrogen (secondary N) is 1. The molecule has 0 fully saturated rings. The predicted octanol–water partition coefficient (Wildman–Crippen LogP) is 3.34. The molecule has 0 radical (unpaired) electrons. The number of nitrogens with zero attached hydrogens (tertiary/aromatic N) is 2. The van der Waals surface area contributed by atoms with Gasteiger partial charge in [0.1, 0.15) is 14.4 Å². The topological polar surface area (TPSA) is 37.8 Å². The van der Waals surface area contributed by atoms with Crippen LogP contribution in [0.2, 0.25) is 8.67 Å². The zero-order valence-corrected chi connectivity index (χ0v) is 11.6. The van der Waals surface area contributed by atoms with Crippen molar-refractivity contribution < 1.29 is 0 Å². The quantitative estimate of drug-likeness (QED) is 0.940. The molecule has 0 aliphatic heterocycles. The monoisotopic (exact) mass is 293 g/mol. The maximum atomic E-state index is 6.05. The van der Waals surface area contributed by atoms with E-state index in [1.165, 1.54) is 11.3 Å². The van der Waals surface area contributed by atoms with Gasteiger partial charge in [-0.2, -0.15) is 0 Å². The summed E-state index contributed by atoms with van der Waals surface area (Å²) in [6, 6.07) is 1.83. The predicted molar refractivity (Wildman–Crippen MR) is 70.9 cm³/mol. The van der Waals surface area contributed by atoms with Gasteiger partial charge in [-0.25, -0.2) is 0 Å². The lowest BCUT2D eigenvalue weighted by molar-refractivity contribution is 0.779. The SMILES string of the molecule is CNCCc1nnc(-c2cc(Cl)sc2Cl)s1. The number of hydrogen-bond acceptors (Lipinski definition) is 5. The molecular weight excluding hydrogens is 285 g/mol. The highest BCUT2D eigenvalue weighted by Gasteiger charge is 2.13. The molecule has 2 rings (SSSR count). The van der Waals surface area contributed by atoms with Crippen LogP contribution in [-0.2, 0) is 6.42 Å². The number of aromatic nitrogens is 2. The van der Waals surface area contributed by atoms with E-state index < -0.39 is 0 Å². The van der Waals surface area contributed by atoms with E-state index in [9.17, 15) is 0 Å². The Bertz CT molecular complexity index is 481. The van der Waals surface area contributed by atoms with Crippen molar-refractivity contribution in [2.75, 3.05) is 13.6 Å². The fourth-order valence-corrected chi connectivity index (χ4v) is 3.63. The molecule has 0 spiro atoms. The van der Waals surface area contributed by atoms with Crippen LogP contribution in [0.5, 0.6) is 0 Å². The highest BCUT2D eigenvalue weighted by atomic mass is 35.5. The van der Waals surface area contributed by atoms with Crippen molar-refractivity contribution in [2.24, 2.45) is 0 Å². The van der Waals surface area contributed by atoms with Crippen LogP contribution in [0.3, 0.4) is 0 Å². The average Bonchev–Trinajstić information content (AvgIpc) is 2.82. The average molecular weight is 294 g/mol. The molecule has 0 unspecified atom stereocenters. The Labute approximate surface area is 111 Å². The van der Waals surface area contributed by atoms with Crippen LogP contribution in [-0.4, -0.2) is 23.8 Å². The lowest BCUT2D eigenvalue weighted by atomic mass is 10.4. The summed E-state index contributed by atoms with van der Waals surface area (Å²) in [6.07, 6.45) is 0.879. The van der Waals surface area contributed by atoms with Crippen LogP contribution in [0.25, 0.3) is 10.6 Å². The van der Waals surface area contributed by atoms with Crippen LogP contribution in [0, 0.1) is 0 Å². The van der Waals surface area contributed by atoms with Crippen molar-refractivity contribution >= 4 is 45.9 Å². The molecule has 0 aromatic carbocycles. The molecule has 2 aromatic rings. The van der Waals surface area contributed by atoms with E-state index in [1.54, 1.807) is 11.3 Å². The van der Waals surface area contributed by atoms with E-state index in [2.05, 4.69) is 15.5 Å². The van der Waals surface area contributed by atoms with Crippen LogP contribution in [0.1, 0.15) is 5.01 Å². The van der Waals surface area contributed by atoms with Crippen LogP contribution in [0.15, 0.2) is 6.07 Å². The largest absolute Gasteiger partial charge is 0.319 e. The first-order valence-corrected chi connectivity index (χ1v) is 7.02. The molecule has 0 aliphatic rings. The molecule has 0 saturated carbocycles. The van der Waals surface area contributed by atoms with Crippen molar-refractivity contribution in [3.8, 4) is 10.6 Å². The smallest absolute Gasteiger partial charge is 0.150 e. The van der Waals surface area contributed by atoms with E-state index in [0.29, 0.717) is 8.67 Å². The summed E-state index contributed by atoms with van der Waals surface area (Å²) >= 11 is 14.8. The van der Waals surface area contributed by atoms with Gasteiger partial charge in [-0.3, -0.25) is 0 Å². The van der Waals surface area contributed by atoms with E-state index in [1.807, 2.05) is 13.1 Å². The number of thiophene rings is 1. The van der Waals surface area contributed by atoms with Gasteiger partial charge >= 0.3 is 0 Å². The Kier molecular flexibility index (Phi) is 4.16. The van der Waals surface area contributed by atoms with Crippen LogP contribution >= 0.6 is 45.9 Å². The molecule has 1 N–H and O–H groups in total. The molecule has 2 heterocycles. The zero-order valence-electron chi connectivity index (χ0n) is 8.46. The third kappa shape index (κ3) is 2.73. The number of halogens is 2. The maximum Gasteiger partial charge on any atom is 0.150 e. The van der Waals surface area contributed by atoms with Gasteiger partial charge < -0.3 is 5.32 Å². The minimum Gasteiger partial charge on any atom is -0.319 e. The zero-order chi connectivity index (χ0) is 11.5. The molecule has 2 aromatic heterocycles. The van der Waals surface area contributed by atoms with Gasteiger partial charge in [0, 0.05) is 18.5 Å². The van der Waals surface area contributed by atoms with Crippen LogP contribution in [0.4, 0.5) is 0 Å². The molecule has 7 heteroatoms. The Morgan fingerprint density at radius 3 is 2.75 bits per heavy atom. The third-order valence-corrected chi connectivity index (χ3v) is 4.45. The molecule has 0 atom stereocenters. The third-order valence-electron chi connectivity index (χ3n) is 1.94. The van der Waals surface area contributed by atoms with Gasteiger partial charge in [-0.15, -0.1) is 21.5 Å². The Hall–Kier alpha value is -0.200. The van der Waals surface area contributed by atoms with E-state index in [-0.39, 0.29) is 0 Å². The fraction of sp³-hybridized carbons (Fsp3) is 0.333. The Morgan fingerprint density at radius 2 is 2.12 bits per heavy atom. The number of hydrogen-bond donors (Lipinski definition) is 1. The molecule has 0 saturated heterocycles. The number of likely N-dealkylation sites (N-methyl/N-ethyl adjacent to an activating group) is 1. The van der Waals surface area contributed by atoms with Gasteiger partial charge in [0.2, 0.25) is 0 Å². The van der Waals surface area contributed by atoms with Gasteiger partial charge in [-0.1, -0.05) is 34.5 Å². The van der Waals surface area contributed by atoms with Crippen molar-refractivity contribution in [3.63, 3.8) is 0 Å². The maximum absolute atomic E-state index is 6.05. The van der Waals surface area contributed by atoms with E-state index in [0.717, 1.165) is 28.5 Å². The summed E-state index contributed by atoms with van der Waals surface area (Å²) in [6.45, 7) is 0.896. The highest BCUT2D eigenvalue weighted by molar-refractivity contribution is 7.21. The van der Waals surface area contributed by atoms with Crippen molar-refractivity contribution in [2.45, 2.75) is 6.42 Å². The molecule has 0 aliphatic carbocycles. The number of rotatable bonds is 4. The molecule has 86 valence electrons. The second-order valence-electron chi connectivity index (χ2n) is 3.09. The molecular formula is C9H9Cl2N3S2. The normalized spacial score (nSPS) is 10.9. The first-order valence-electron chi connectivity index (χ1n) is 4.63. The lowest BCUT2D eigenvalue weighted by Gasteiger charge is -1.92.